The molecule has 0 fully saturated rings. The Labute approximate surface area is 118 Å². The van der Waals surface area contributed by atoms with E-state index in [4.69, 9.17) is 5.73 Å². The molecule has 20 heavy (non-hydrogen) atoms. The second-order valence-corrected chi connectivity index (χ2v) is 4.74. The Hall–Kier alpha value is -2.21. The molecule has 0 aliphatic rings. The van der Waals surface area contributed by atoms with Gasteiger partial charge in [0.05, 0.1) is 5.69 Å². The summed E-state index contributed by atoms with van der Waals surface area (Å²) in [6.45, 7) is 4.67. The summed E-state index contributed by atoms with van der Waals surface area (Å²) >= 11 is 0. The number of amides is 1. The topological polar surface area (TPSA) is 85.8 Å². The Bertz CT molecular complexity index is 605. The van der Waals surface area contributed by atoms with E-state index in [2.05, 4.69) is 15.6 Å². The van der Waals surface area contributed by atoms with E-state index in [1.165, 1.54) is 4.68 Å². The van der Waals surface area contributed by atoms with Crippen LogP contribution >= 0.6 is 0 Å². The second kappa shape index (κ2) is 6.29. The highest BCUT2D eigenvalue weighted by molar-refractivity contribution is 5.91. The standard InChI is InChI=1S/C14H19N5O/c1-10-4-3-5-13(11(10)2)16-14(20)9-19-8-12(6-7-15)17-18-19/h3-5,8H,6-7,9,15H2,1-2H3,(H,16,20). The fraction of sp³-hybridized carbons (Fsp3) is 0.357. The summed E-state index contributed by atoms with van der Waals surface area (Å²) in [7, 11) is 0. The number of nitrogens with two attached hydrogens (primary N) is 1. The normalized spacial score (nSPS) is 10.6. The van der Waals surface area contributed by atoms with Gasteiger partial charge < -0.3 is 11.1 Å². The van der Waals surface area contributed by atoms with Gasteiger partial charge in [-0.3, -0.25) is 4.79 Å². The van der Waals surface area contributed by atoms with E-state index in [1.807, 2.05) is 32.0 Å². The van der Waals surface area contributed by atoms with E-state index in [1.54, 1.807) is 6.20 Å². The number of aromatic nitrogens is 3. The molecule has 1 aromatic carbocycles. The number of hydrogen-bond donors (Lipinski definition) is 2. The Morgan fingerprint density at radius 3 is 2.95 bits per heavy atom. The zero-order chi connectivity index (χ0) is 14.5. The number of rotatable bonds is 5. The van der Waals surface area contributed by atoms with E-state index >= 15 is 0 Å². The second-order valence-electron chi connectivity index (χ2n) is 4.74. The van der Waals surface area contributed by atoms with Crippen LogP contribution in [-0.4, -0.2) is 27.4 Å². The molecule has 0 aliphatic heterocycles. The van der Waals surface area contributed by atoms with Crippen LogP contribution in [0.1, 0.15) is 16.8 Å². The third-order valence-corrected chi connectivity index (χ3v) is 3.17. The number of anilines is 1. The number of nitrogens with zero attached hydrogens (tertiary/aromatic N) is 3. The van der Waals surface area contributed by atoms with Crippen molar-refractivity contribution < 1.29 is 4.79 Å². The fourth-order valence-corrected chi connectivity index (χ4v) is 1.90. The van der Waals surface area contributed by atoms with E-state index in [-0.39, 0.29) is 12.5 Å². The highest BCUT2D eigenvalue weighted by Crippen LogP contribution is 2.17. The lowest BCUT2D eigenvalue weighted by atomic mass is 10.1. The molecule has 2 rings (SSSR count). The minimum atomic E-state index is -0.122. The number of benzene rings is 1. The SMILES string of the molecule is Cc1cccc(NC(=O)Cn2cc(CCN)nn2)c1C. The molecule has 0 bridgehead atoms. The molecule has 3 N–H and O–H groups in total. The molecule has 2 aromatic rings. The highest BCUT2D eigenvalue weighted by atomic mass is 16.2. The number of carbonyl (C=O) groups excluding carboxylic acids is 1. The van der Waals surface area contributed by atoms with E-state index in [0.29, 0.717) is 13.0 Å². The van der Waals surface area contributed by atoms with Gasteiger partial charge in [0, 0.05) is 18.3 Å². The van der Waals surface area contributed by atoms with Crippen LogP contribution in [0.3, 0.4) is 0 Å². The number of hydrogen-bond acceptors (Lipinski definition) is 4. The number of nitrogens with one attached hydrogen (secondary N) is 1. The molecule has 0 aliphatic carbocycles. The van der Waals surface area contributed by atoms with Gasteiger partial charge in [0.1, 0.15) is 6.54 Å². The molecule has 0 saturated heterocycles. The van der Waals surface area contributed by atoms with E-state index in [9.17, 15) is 4.79 Å². The van der Waals surface area contributed by atoms with E-state index in [0.717, 1.165) is 22.5 Å². The number of carbonyl (C=O) groups is 1. The molecule has 106 valence electrons. The summed E-state index contributed by atoms with van der Waals surface area (Å²) < 4.78 is 1.52. The monoisotopic (exact) mass is 273 g/mol. The first-order valence-corrected chi connectivity index (χ1v) is 6.55. The van der Waals surface area contributed by atoms with Crippen LogP contribution in [0.5, 0.6) is 0 Å². The molecule has 0 saturated carbocycles. The smallest absolute Gasteiger partial charge is 0.246 e. The summed E-state index contributed by atoms with van der Waals surface area (Å²) in [5, 5.41) is 10.7. The van der Waals surface area contributed by atoms with Crippen LogP contribution in [-0.2, 0) is 17.8 Å². The molecule has 1 aromatic heterocycles. The Kier molecular flexibility index (Phi) is 4.47. The van der Waals surface area contributed by atoms with E-state index < -0.39 is 0 Å². The van der Waals surface area contributed by atoms with Crippen molar-refractivity contribution in [3.05, 3.63) is 41.2 Å². The first kappa shape index (κ1) is 14.2. The first-order valence-electron chi connectivity index (χ1n) is 6.55. The van der Waals surface area contributed by atoms with Crippen molar-refractivity contribution in [3.63, 3.8) is 0 Å². The molecule has 0 unspecified atom stereocenters. The summed E-state index contributed by atoms with van der Waals surface area (Å²) in [5.74, 6) is -0.122. The zero-order valence-electron chi connectivity index (χ0n) is 11.8. The third-order valence-electron chi connectivity index (χ3n) is 3.17. The van der Waals surface area contributed by atoms with Crippen molar-refractivity contribution in [3.8, 4) is 0 Å². The van der Waals surface area contributed by atoms with Gasteiger partial charge in [-0.2, -0.15) is 0 Å². The molecule has 1 heterocycles. The van der Waals surface area contributed by atoms with Gasteiger partial charge in [-0.15, -0.1) is 5.10 Å². The minimum Gasteiger partial charge on any atom is -0.330 e. The largest absolute Gasteiger partial charge is 0.330 e. The molecule has 0 atom stereocenters. The molecular weight excluding hydrogens is 254 g/mol. The van der Waals surface area contributed by atoms with Crippen molar-refractivity contribution in [2.45, 2.75) is 26.8 Å². The lowest BCUT2D eigenvalue weighted by Gasteiger charge is -2.10. The van der Waals surface area contributed by atoms with Gasteiger partial charge in [0.2, 0.25) is 5.91 Å². The van der Waals surface area contributed by atoms with Crippen molar-refractivity contribution in [2.24, 2.45) is 5.73 Å². The van der Waals surface area contributed by atoms with Crippen molar-refractivity contribution >= 4 is 11.6 Å². The maximum Gasteiger partial charge on any atom is 0.246 e. The quantitative estimate of drug-likeness (QED) is 0.852. The fourth-order valence-electron chi connectivity index (χ4n) is 1.90. The maximum atomic E-state index is 12.0. The van der Waals surface area contributed by atoms with Gasteiger partial charge in [0.25, 0.3) is 0 Å². The molecular formula is C14H19N5O. The number of aryl methyl sites for hydroxylation is 1. The Morgan fingerprint density at radius 2 is 2.20 bits per heavy atom. The summed E-state index contributed by atoms with van der Waals surface area (Å²) in [6, 6.07) is 5.83. The van der Waals surface area contributed by atoms with Crippen molar-refractivity contribution in [2.75, 3.05) is 11.9 Å². The van der Waals surface area contributed by atoms with Gasteiger partial charge in [0.15, 0.2) is 0 Å². The van der Waals surface area contributed by atoms with Crippen LogP contribution in [0.25, 0.3) is 0 Å². The van der Waals surface area contributed by atoms with Crippen molar-refractivity contribution in [1.29, 1.82) is 0 Å². The average molecular weight is 273 g/mol. The molecule has 1 amide bonds. The van der Waals surface area contributed by atoms with Crippen LogP contribution in [0, 0.1) is 13.8 Å². The minimum absolute atomic E-state index is 0.122. The van der Waals surface area contributed by atoms with Crippen LogP contribution in [0.4, 0.5) is 5.69 Å². The van der Waals surface area contributed by atoms with Crippen molar-refractivity contribution in [1.82, 2.24) is 15.0 Å². The Morgan fingerprint density at radius 1 is 1.40 bits per heavy atom. The highest BCUT2D eigenvalue weighted by Gasteiger charge is 2.08. The third kappa shape index (κ3) is 3.42. The molecule has 0 radical (unpaired) electrons. The first-order chi connectivity index (χ1) is 9.60. The van der Waals surface area contributed by atoms with Crippen LogP contribution in [0.2, 0.25) is 0 Å². The summed E-state index contributed by atoms with van der Waals surface area (Å²) in [5.41, 5.74) is 9.30. The van der Waals surface area contributed by atoms with Crippen LogP contribution < -0.4 is 11.1 Å². The van der Waals surface area contributed by atoms with Gasteiger partial charge in [-0.05, 0) is 37.6 Å². The predicted molar refractivity (Wildman–Crippen MR) is 77.3 cm³/mol. The molecule has 6 heteroatoms. The molecule has 6 nitrogen and oxygen atoms in total. The Balaban J connectivity index is 1.99. The lowest BCUT2D eigenvalue weighted by molar-refractivity contribution is -0.116. The summed E-state index contributed by atoms with van der Waals surface area (Å²) in [6.07, 6.45) is 2.41. The van der Waals surface area contributed by atoms with Gasteiger partial charge >= 0.3 is 0 Å². The van der Waals surface area contributed by atoms with Gasteiger partial charge in [-0.25, -0.2) is 4.68 Å². The maximum absolute atomic E-state index is 12.0. The van der Waals surface area contributed by atoms with Crippen LogP contribution in [0.15, 0.2) is 24.4 Å². The zero-order valence-corrected chi connectivity index (χ0v) is 11.8. The van der Waals surface area contributed by atoms with Gasteiger partial charge in [-0.1, -0.05) is 17.3 Å². The lowest BCUT2D eigenvalue weighted by Crippen LogP contribution is -2.19. The molecule has 0 spiro atoms. The average Bonchev–Trinajstić information content (AvgIpc) is 2.83. The predicted octanol–water partition coefficient (Wildman–Crippen LogP) is 1.03. The summed E-state index contributed by atoms with van der Waals surface area (Å²) in [4.78, 5) is 12.0.